The highest BCUT2D eigenvalue weighted by molar-refractivity contribution is 6.24. The molecule has 2 aliphatic heterocycles. The van der Waals surface area contributed by atoms with E-state index in [0.717, 1.165) is 46.9 Å². The molecule has 2 heterocycles. The maximum atomic E-state index is 13.8. The second-order valence-corrected chi connectivity index (χ2v) is 12.4. The molecule has 1 aliphatic carbocycles. The van der Waals surface area contributed by atoms with Crippen molar-refractivity contribution in [2.75, 3.05) is 25.6 Å². The van der Waals surface area contributed by atoms with Gasteiger partial charge >= 0.3 is 0 Å². The van der Waals surface area contributed by atoms with Crippen LogP contribution in [0.2, 0.25) is 0 Å². The van der Waals surface area contributed by atoms with Crippen LogP contribution < -0.4 is 4.90 Å². The Hall–Kier alpha value is -4.20. The number of benzene rings is 2. The van der Waals surface area contributed by atoms with Crippen LogP contribution in [-0.4, -0.2) is 36.8 Å². The van der Waals surface area contributed by atoms with Gasteiger partial charge in [0, 0.05) is 41.1 Å². The minimum absolute atomic E-state index is 0.111. The summed E-state index contributed by atoms with van der Waals surface area (Å²) in [7, 11) is 3.51. The van der Waals surface area contributed by atoms with E-state index in [1.54, 1.807) is 19.2 Å². The number of fused-ring (bicyclic) bond motifs is 2. The molecular weight excluding hydrogens is 516 g/mol. The van der Waals surface area contributed by atoms with E-state index < -0.39 is 10.8 Å². The quantitative estimate of drug-likeness (QED) is 0.190. The number of nitroso groups, excluding NO2 is 2. The fourth-order valence-corrected chi connectivity index (χ4v) is 6.62. The van der Waals surface area contributed by atoms with Crippen molar-refractivity contribution in [2.45, 2.75) is 58.8 Å². The maximum absolute atomic E-state index is 13.8. The van der Waals surface area contributed by atoms with E-state index in [0.29, 0.717) is 34.2 Å². The Bertz CT molecular complexity index is 1620. The Balaban J connectivity index is 1.62. The van der Waals surface area contributed by atoms with E-state index in [9.17, 15) is 14.6 Å². The SMILES string of the molecule is COC1=C(C=C2N(CCC(C)C)c3cccc(N=O)c3C2(C)C)C(=O)C1=CC1=[N+](C)c2cccc(N=O)c2C1(C)C. The third-order valence-corrected chi connectivity index (χ3v) is 8.75. The third kappa shape index (κ3) is 4.19. The van der Waals surface area contributed by atoms with Gasteiger partial charge in [-0.1, -0.05) is 39.8 Å². The number of carbonyl (C=O) groups excluding carboxylic acids is 1. The number of Topliss-reactive ketones (excluding diaryl/α,β-unsaturated/α-hetero) is 1. The number of anilines is 1. The molecule has 0 aromatic heterocycles. The molecule has 0 fully saturated rings. The number of rotatable bonds is 8. The predicted octanol–water partition coefficient (Wildman–Crippen LogP) is 7.63. The van der Waals surface area contributed by atoms with E-state index >= 15 is 0 Å². The molecular formula is C33H37N4O4+. The molecule has 8 nitrogen and oxygen atoms in total. The molecule has 0 saturated carbocycles. The van der Waals surface area contributed by atoms with Crippen molar-refractivity contribution in [1.29, 1.82) is 0 Å². The molecule has 0 bridgehead atoms. The van der Waals surface area contributed by atoms with Gasteiger partial charge in [-0.3, -0.25) is 4.79 Å². The fraction of sp³-hybridized carbons (Fsp3) is 0.394. The van der Waals surface area contributed by atoms with E-state index in [-0.39, 0.29) is 5.78 Å². The van der Waals surface area contributed by atoms with Gasteiger partial charge in [0.05, 0.1) is 29.2 Å². The van der Waals surface area contributed by atoms with Crippen molar-refractivity contribution < 1.29 is 14.1 Å². The van der Waals surface area contributed by atoms with Crippen molar-refractivity contribution >= 4 is 34.2 Å². The summed E-state index contributed by atoms with van der Waals surface area (Å²) in [5.74, 6) is 0.889. The van der Waals surface area contributed by atoms with Crippen LogP contribution in [0.15, 0.2) is 81.5 Å². The topological polar surface area (TPSA) is 91.4 Å². The third-order valence-electron chi connectivity index (χ3n) is 8.75. The minimum Gasteiger partial charge on any atom is -0.495 e. The molecule has 0 N–H and O–H groups in total. The zero-order valence-electron chi connectivity index (χ0n) is 25.0. The van der Waals surface area contributed by atoms with Crippen LogP contribution in [0.1, 0.15) is 59.1 Å². The smallest absolute Gasteiger partial charge is 0.211 e. The molecule has 3 aliphatic rings. The lowest BCUT2D eigenvalue weighted by Crippen LogP contribution is -2.32. The molecule has 2 aromatic carbocycles. The lowest BCUT2D eigenvalue weighted by atomic mass is 9.77. The monoisotopic (exact) mass is 553 g/mol. The van der Waals surface area contributed by atoms with Gasteiger partial charge in [0.2, 0.25) is 11.5 Å². The first-order valence-electron chi connectivity index (χ1n) is 14.0. The van der Waals surface area contributed by atoms with Crippen molar-refractivity contribution in [1.82, 2.24) is 0 Å². The molecule has 5 rings (SSSR count). The Kier molecular flexibility index (Phi) is 6.92. The van der Waals surface area contributed by atoms with Crippen LogP contribution in [0.25, 0.3) is 0 Å². The van der Waals surface area contributed by atoms with E-state index in [4.69, 9.17) is 4.74 Å². The van der Waals surface area contributed by atoms with Crippen LogP contribution >= 0.6 is 0 Å². The first-order valence-corrected chi connectivity index (χ1v) is 14.0. The van der Waals surface area contributed by atoms with Gasteiger partial charge in [-0.2, -0.15) is 4.58 Å². The Labute approximate surface area is 241 Å². The van der Waals surface area contributed by atoms with Crippen LogP contribution in [0.5, 0.6) is 0 Å². The lowest BCUT2D eigenvalue weighted by molar-refractivity contribution is -0.401. The number of nitrogens with zero attached hydrogens (tertiary/aromatic N) is 4. The van der Waals surface area contributed by atoms with E-state index in [2.05, 4.69) is 42.9 Å². The number of hydrogen-bond donors (Lipinski definition) is 0. The average molecular weight is 554 g/mol. The summed E-state index contributed by atoms with van der Waals surface area (Å²) < 4.78 is 7.82. The molecule has 2 aromatic rings. The van der Waals surface area contributed by atoms with Crippen molar-refractivity contribution in [3.8, 4) is 0 Å². The first-order chi connectivity index (χ1) is 19.4. The molecule has 0 saturated heterocycles. The number of hydrogen-bond acceptors (Lipinski definition) is 7. The molecule has 0 atom stereocenters. The normalized spacial score (nSPS) is 20.6. The van der Waals surface area contributed by atoms with Gasteiger partial charge in [0.15, 0.2) is 5.71 Å². The lowest BCUT2D eigenvalue weighted by Gasteiger charge is -2.30. The summed E-state index contributed by atoms with van der Waals surface area (Å²) in [5.41, 5.74) is 6.06. The van der Waals surface area contributed by atoms with E-state index in [1.807, 2.05) is 61.9 Å². The molecule has 41 heavy (non-hydrogen) atoms. The standard InChI is InChI=1S/C33H37N4O4/c1-19(2)15-16-37-25-14-10-12-23(35-40)29(25)33(5,6)27(37)18-21-30(38)20(31(21)41-8)17-26-32(3,4)28-22(34-39)11-9-13-24(28)36(26)7/h9-14,17-19H,15-16H2,1-8H3/q+1. The molecule has 8 heteroatoms. The zero-order chi connectivity index (χ0) is 29.9. The second-order valence-electron chi connectivity index (χ2n) is 12.4. The van der Waals surface area contributed by atoms with E-state index in [1.165, 1.54) is 0 Å². The predicted molar refractivity (Wildman–Crippen MR) is 163 cm³/mol. The van der Waals surface area contributed by atoms with Gasteiger partial charge in [-0.05, 0) is 60.8 Å². The fourth-order valence-electron chi connectivity index (χ4n) is 6.62. The van der Waals surface area contributed by atoms with Gasteiger partial charge in [0.1, 0.15) is 24.2 Å². The van der Waals surface area contributed by atoms with Crippen LogP contribution in [0.3, 0.4) is 0 Å². The number of allylic oxidation sites excluding steroid dienone is 5. The zero-order valence-corrected chi connectivity index (χ0v) is 25.0. The summed E-state index contributed by atoms with van der Waals surface area (Å²) in [6.07, 6.45) is 4.74. The van der Waals surface area contributed by atoms with Crippen molar-refractivity contribution in [3.05, 3.63) is 92.1 Å². The molecule has 0 unspecified atom stereocenters. The highest BCUT2D eigenvalue weighted by Gasteiger charge is 2.48. The van der Waals surface area contributed by atoms with Crippen LogP contribution in [0, 0.1) is 15.7 Å². The number of carbonyl (C=O) groups is 1. The number of ketones is 1. The molecule has 212 valence electrons. The summed E-state index contributed by atoms with van der Waals surface area (Å²) in [6.45, 7) is 13.3. The molecule has 0 amide bonds. The largest absolute Gasteiger partial charge is 0.495 e. The van der Waals surface area contributed by atoms with Crippen LogP contribution in [-0.2, 0) is 20.4 Å². The summed E-state index contributed by atoms with van der Waals surface area (Å²) in [5, 5.41) is 6.59. The highest BCUT2D eigenvalue weighted by atomic mass is 16.5. The Morgan fingerprint density at radius 2 is 1.59 bits per heavy atom. The van der Waals surface area contributed by atoms with Crippen LogP contribution in [0.4, 0.5) is 22.7 Å². The summed E-state index contributed by atoms with van der Waals surface area (Å²) >= 11 is 0. The maximum Gasteiger partial charge on any atom is 0.211 e. The molecule has 0 spiro atoms. The summed E-state index contributed by atoms with van der Waals surface area (Å²) in [6, 6.07) is 11.1. The van der Waals surface area contributed by atoms with Crippen molar-refractivity contribution in [2.24, 2.45) is 16.3 Å². The first kappa shape index (κ1) is 28.3. The number of methoxy groups -OCH3 is 1. The van der Waals surface area contributed by atoms with Gasteiger partial charge in [-0.25, -0.2) is 0 Å². The highest BCUT2D eigenvalue weighted by Crippen LogP contribution is 2.53. The van der Waals surface area contributed by atoms with Crippen molar-refractivity contribution in [3.63, 3.8) is 0 Å². The Morgan fingerprint density at radius 1 is 0.951 bits per heavy atom. The van der Waals surface area contributed by atoms with Gasteiger partial charge < -0.3 is 9.64 Å². The van der Waals surface area contributed by atoms with Gasteiger partial charge in [-0.15, -0.1) is 9.81 Å². The number of ether oxygens (including phenoxy) is 1. The minimum atomic E-state index is -0.551. The Morgan fingerprint density at radius 3 is 2.20 bits per heavy atom. The average Bonchev–Trinajstić information content (AvgIpc) is 3.28. The van der Waals surface area contributed by atoms with Gasteiger partial charge in [0.25, 0.3) is 0 Å². The summed E-state index contributed by atoms with van der Waals surface area (Å²) in [4.78, 5) is 39.3. The molecule has 0 radical (unpaired) electrons. The second kappa shape index (κ2) is 10.0.